The van der Waals surface area contributed by atoms with Crippen LogP contribution in [0.15, 0.2) is 21.2 Å². The normalized spacial score (nSPS) is 10.5. The lowest BCUT2D eigenvalue weighted by atomic mass is 10.3. The maximum absolute atomic E-state index is 10.7. The number of aromatic nitrogens is 1. The minimum atomic E-state index is -1.12. The van der Waals surface area contributed by atoms with Gasteiger partial charge in [-0.1, -0.05) is 0 Å². The third-order valence-electron chi connectivity index (χ3n) is 1.97. The first-order valence-electron chi connectivity index (χ1n) is 4.34. The Bertz CT molecular complexity index is 509. The Kier molecular flexibility index (Phi) is 2.07. The molecule has 0 atom stereocenters. The molecule has 0 amide bonds. The molecule has 0 aliphatic heterocycles. The molecule has 0 aliphatic carbocycles. The van der Waals surface area contributed by atoms with E-state index in [0.717, 1.165) is 5.76 Å². The van der Waals surface area contributed by atoms with E-state index in [9.17, 15) is 4.79 Å². The fourth-order valence-corrected chi connectivity index (χ4v) is 1.27. The second kappa shape index (κ2) is 3.27. The topological polar surface area (TPSA) is 76.5 Å². The Balaban J connectivity index is 2.46. The molecule has 0 aliphatic rings. The monoisotopic (exact) mass is 207 g/mol. The number of carboxylic acids is 1. The van der Waals surface area contributed by atoms with Gasteiger partial charge in [0.2, 0.25) is 11.7 Å². The number of carbonyl (C=O) groups is 1. The van der Waals surface area contributed by atoms with Gasteiger partial charge in [0, 0.05) is 0 Å². The molecule has 78 valence electrons. The zero-order chi connectivity index (χ0) is 11.0. The molecule has 0 aromatic carbocycles. The number of aromatic carboxylic acids is 1. The van der Waals surface area contributed by atoms with Crippen LogP contribution in [0, 0.1) is 13.8 Å². The van der Waals surface area contributed by atoms with Gasteiger partial charge in [0.05, 0.1) is 11.3 Å². The number of rotatable bonds is 2. The van der Waals surface area contributed by atoms with Crippen molar-refractivity contribution in [1.82, 2.24) is 4.98 Å². The van der Waals surface area contributed by atoms with E-state index < -0.39 is 5.97 Å². The molecular formula is C10H9NO4. The lowest BCUT2D eigenvalue weighted by molar-refractivity contribution is 0.0662. The van der Waals surface area contributed by atoms with Gasteiger partial charge >= 0.3 is 5.97 Å². The Morgan fingerprint density at radius 1 is 1.47 bits per heavy atom. The first-order chi connectivity index (χ1) is 7.08. The maximum atomic E-state index is 10.7. The molecule has 0 unspecified atom stereocenters. The Morgan fingerprint density at radius 3 is 2.67 bits per heavy atom. The summed E-state index contributed by atoms with van der Waals surface area (Å²) in [5, 5.41) is 8.77. The van der Waals surface area contributed by atoms with Crippen LogP contribution in [0.2, 0.25) is 0 Å². The van der Waals surface area contributed by atoms with Crippen LogP contribution >= 0.6 is 0 Å². The maximum Gasteiger partial charge on any atom is 0.373 e. The summed E-state index contributed by atoms with van der Waals surface area (Å²) in [7, 11) is 0. The van der Waals surface area contributed by atoms with Gasteiger partial charge in [0.25, 0.3) is 0 Å². The van der Waals surface area contributed by atoms with Crippen LogP contribution in [-0.2, 0) is 0 Å². The summed E-state index contributed by atoms with van der Waals surface area (Å²) in [4.78, 5) is 14.7. The van der Waals surface area contributed by atoms with Crippen molar-refractivity contribution in [2.24, 2.45) is 0 Å². The number of aryl methyl sites for hydroxylation is 2. The Labute approximate surface area is 85.3 Å². The fourth-order valence-electron chi connectivity index (χ4n) is 1.27. The molecule has 0 saturated heterocycles. The molecule has 5 heteroatoms. The summed E-state index contributed by atoms with van der Waals surface area (Å²) in [5.41, 5.74) is 0.999. The van der Waals surface area contributed by atoms with E-state index in [0.29, 0.717) is 11.3 Å². The Hall–Kier alpha value is -2.04. The first-order valence-corrected chi connectivity index (χ1v) is 4.34. The SMILES string of the molecule is Cc1cc(-c2nc(C)c(C(=O)O)o2)co1. The molecule has 0 spiro atoms. The quantitative estimate of drug-likeness (QED) is 0.817. The third kappa shape index (κ3) is 1.63. The summed E-state index contributed by atoms with van der Waals surface area (Å²) in [6.07, 6.45) is 1.48. The van der Waals surface area contributed by atoms with Crippen LogP contribution in [0.4, 0.5) is 0 Å². The van der Waals surface area contributed by atoms with Crippen molar-refractivity contribution in [2.75, 3.05) is 0 Å². The highest BCUT2D eigenvalue weighted by atomic mass is 16.4. The van der Waals surface area contributed by atoms with Crippen molar-refractivity contribution in [3.8, 4) is 11.5 Å². The van der Waals surface area contributed by atoms with E-state index in [1.54, 1.807) is 19.9 Å². The van der Waals surface area contributed by atoms with Gasteiger partial charge in [-0.05, 0) is 19.9 Å². The first kappa shape index (κ1) is 9.51. The minimum absolute atomic E-state index is 0.135. The van der Waals surface area contributed by atoms with Crippen LogP contribution < -0.4 is 0 Å². The Morgan fingerprint density at radius 2 is 2.20 bits per heavy atom. The highest BCUT2D eigenvalue weighted by Crippen LogP contribution is 2.23. The zero-order valence-electron chi connectivity index (χ0n) is 8.27. The van der Waals surface area contributed by atoms with Crippen molar-refractivity contribution in [2.45, 2.75) is 13.8 Å². The van der Waals surface area contributed by atoms with E-state index in [-0.39, 0.29) is 11.7 Å². The van der Waals surface area contributed by atoms with Gasteiger partial charge in [-0.3, -0.25) is 0 Å². The molecule has 0 saturated carbocycles. The third-order valence-corrected chi connectivity index (χ3v) is 1.97. The van der Waals surface area contributed by atoms with Crippen LogP contribution in [0.25, 0.3) is 11.5 Å². The van der Waals surface area contributed by atoms with Crippen molar-refractivity contribution < 1.29 is 18.7 Å². The highest BCUT2D eigenvalue weighted by molar-refractivity contribution is 5.86. The van der Waals surface area contributed by atoms with E-state index in [2.05, 4.69) is 4.98 Å². The fraction of sp³-hybridized carbons (Fsp3) is 0.200. The summed E-state index contributed by atoms with van der Waals surface area (Å²) in [5.74, 6) is -0.269. The molecule has 0 radical (unpaired) electrons. The number of hydrogen-bond donors (Lipinski definition) is 1. The van der Waals surface area contributed by atoms with E-state index >= 15 is 0 Å². The van der Waals surface area contributed by atoms with Crippen molar-refractivity contribution in [3.63, 3.8) is 0 Å². The molecule has 2 aromatic rings. The van der Waals surface area contributed by atoms with Gasteiger partial charge in [-0.2, -0.15) is 0 Å². The lowest BCUT2D eigenvalue weighted by Gasteiger charge is -1.86. The molecule has 2 aromatic heterocycles. The van der Waals surface area contributed by atoms with Gasteiger partial charge in [0.15, 0.2) is 0 Å². The number of oxazole rings is 1. The summed E-state index contributed by atoms with van der Waals surface area (Å²) in [6.45, 7) is 3.38. The van der Waals surface area contributed by atoms with E-state index in [4.69, 9.17) is 13.9 Å². The van der Waals surface area contributed by atoms with Crippen LogP contribution in [-0.4, -0.2) is 16.1 Å². The predicted molar refractivity (Wildman–Crippen MR) is 50.6 cm³/mol. The molecular weight excluding hydrogens is 198 g/mol. The largest absolute Gasteiger partial charge is 0.475 e. The predicted octanol–water partition coefficient (Wildman–Crippen LogP) is 2.25. The van der Waals surface area contributed by atoms with Crippen molar-refractivity contribution in [1.29, 1.82) is 0 Å². The highest BCUT2D eigenvalue weighted by Gasteiger charge is 2.17. The molecule has 15 heavy (non-hydrogen) atoms. The number of carboxylic acid groups (broad SMARTS) is 1. The molecule has 1 N–H and O–H groups in total. The van der Waals surface area contributed by atoms with Crippen LogP contribution in [0.1, 0.15) is 22.0 Å². The lowest BCUT2D eigenvalue weighted by Crippen LogP contribution is -1.95. The minimum Gasteiger partial charge on any atom is -0.475 e. The van der Waals surface area contributed by atoms with Gasteiger partial charge in [-0.25, -0.2) is 9.78 Å². The summed E-state index contributed by atoms with van der Waals surface area (Å²) in [6, 6.07) is 1.73. The average Bonchev–Trinajstić information content (AvgIpc) is 2.71. The molecule has 2 heterocycles. The van der Waals surface area contributed by atoms with E-state index in [1.807, 2.05) is 0 Å². The smallest absolute Gasteiger partial charge is 0.373 e. The zero-order valence-corrected chi connectivity index (χ0v) is 8.27. The van der Waals surface area contributed by atoms with Gasteiger partial charge < -0.3 is 13.9 Å². The number of nitrogens with zero attached hydrogens (tertiary/aromatic N) is 1. The molecule has 0 fully saturated rings. The molecule has 5 nitrogen and oxygen atoms in total. The number of hydrogen-bond acceptors (Lipinski definition) is 4. The summed E-state index contributed by atoms with van der Waals surface area (Å²) < 4.78 is 10.2. The van der Waals surface area contributed by atoms with Gasteiger partial charge in [0.1, 0.15) is 12.0 Å². The second-order valence-corrected chi connectivity index (χ2v) is 3.18. The number of furan rings is 1. The van der Waals surface area contributed by atoms with Crippen molar-refractivity contribution >= 4 is 5.97 Å². The molecule has 0 bridgehead atoms. The van der Waals surface area contributed by atoms with Crippen LogP contribution in [0.3, 0.4) is 0 Å². The standard InChI is InChI=1S/C10H9NO4/c1-5-3-7(4-14-5)9-11-6(2)8(15-9)10(12)13/h3-4H,1-2H3,(H,12,13). The molecule has 2 rings (SSSR count). The van der Waals surface area contributed by atoms with Gasteiger partial charge in [-0.15, -0.1) is 0 Å². The summed E-state index contributed by atoms with van der Waals surface area (Å²) >= 11 is 0. The van der Waals surface area contributed by atoms with Crippen LogP contribution in [0.5, 0.6) is 0 Å². The van der Waals surface area contributed by atoms with Crippen molar-refractivity contribution in [3.05, 3.63) is 29.5 Å². The van der Waals surface area contributed by atoms with E-state index in [1.165, 1.54) is 6.26 Å². The average molecular weight is 207 g/mol. The second-order valence-electron chi connectivity index (χ2n) is 3.18.